The summed E-state index contributed by atoms with van der Waals surface area (Å²) < 4.78 is 32.7. The van der Waals surface area contributed by atoms with E-state index in [9.17, 15) is 8.42 Å². The van der Waals surface area contributed by atoms with Gasteiger partial charge >= 0.3 is 0 Å². The van der Waals surface area contributed by atoms with Gasteiger partial charge < -0.3 is 10.1 Å². The summed E-state index contributed by atoms with van der Waals surface area (Å²) in [6.07, 6.45) is 5.62. The normalized spacial score (nSPS) is 34.9. The largest absolute Gasteiger partial charge is 0.381 e. The fourth-order valence-corrected chi connectivity index (χ4v) is 5.87. The van der Waals surface area contributed by atoms with Crippen molar-refractivity contribution < 1.29 is 13.2 Å². The van der Waals surface area contributed by atoms with Crippen molar-refractivity contribution in [3.05, 3.63) is 0 Å². The molecule has 0 amide bonds. The molecule has 0 spiro atoms. The van der Waals surface area contributed by atoms with Gasteiger partial charge in [-0.2, -0.15) is 4.31 Å². The quantitative estimate of drug-likeness (QED) is 0.831. The lowest BCUT2D eigenvalue weighted by molar-refractivity contribution is 0.0969. The Balaban J connectivity index is 1.74. The maximum Gasteiger partial charge on any atom is 0.217 e. The number of nitrogens with zero attached hydrogens (tertiary/aromatic N) is 1. The maximum absolute atomic E-state index is 12.8. The van der Waals surface area contributed by atoms with E-state index in [4.69, 9.17) is 4.74 Å². The van der Waals surface area contributed by atoms with E-state index < -0.39 is 10.0 Å². The van der Waals surface area contributed by atoms with Crippen LogP contribution in [0.2, 0.25) is 0 Å². The van der Waals surface area contributed by atoms with Crippen LogP contribution in [0.25, 0.3) is 0 Å². The maximum atomic E-state index is 12.8. The summed E-state index contributed by atoms with van der Waals surface area (Å²) in [5.41, 5.74) is 0. The van der Waals surface area contributed by atoms with E-state index in [1.807, 2.05) is 4.31 Å². The van der Waals surface area contributed by atoms with Crippen LogP contribution in [0.4, 0.5) is 0 Å². The molecule has 19 heavy (non-hydrogen) atoms. The molecule has 3 fully saturated rings. The summed E-state index contributed by atoms with van der Waals surface area (Å²) in [5.74, 6) is 0. The van der Waals surface area contributed by atoms with Crippen LogP contribution in [0.15, 0.2) is 0 Å². The van der Waals surface area contributed by atoms with Gasteiger partial charge in [-0.3, -0.25) is 0 Å². The molecule has 2 atom stereocenters. The van der Waals surface area contributed by atoms with Crippen LogP contribution in [0.5, 0.6) is 0 Å². The zero-order valence-corrected chi connectivity index (χ0v) is 12.2. The molecule has 0 aromatic carbocycles. The topological polar surface area (TPSA) is 58.6 Å². The molecule has 0 radical (unpaired) electrons. The van der Waals surface area contributed by atoms with Gasteiger partial charge in [0.25, 0.3) is 0 Å². The number of rotatable bonds is 3. The molecular weight excluding hydrogens is 264 g/mol. The van der Waals surface area contributed by atoms with Crippen LogP contribution in [0.1, 0.15) is 38.5 Å². The van der Waals surface area contributed by atoms with Gasteiger partial charge in [0.1, 0.15) is 0 Å². The van der Waals surface area contributed by atoms with E-state index in [-0.39, 0.29) is 11.3 Å². The summed E-state index contributed by atoms with van der Waals surface area (Å²) in [6, 6.07) is 0.562. The smallest absolute Gasteiger partial charge is 0.217 e. The zero-order valence-electron chi connectivity index (χ0n) is 11.4. The predicted octanol–water partition coefficient (Wildman–Crippen LogP) is 0.712. The first-order valence-electron chi connectivity index (χ1n) is 7.51. The molecule has 1 N–H and O–H groups in total. The van der Waals surface area contributed by atoms with E-state index in [1.54, 1.807) is 0 Å². The van der Waals surface area contributed by atoms with Gasteiger partial charge in [0.15, 0.2) is 0 Å². The summed E-state index contributed by atoms with van der Waals surface area (Å²) in [6.45, 7) is 2.92. The Kier molecular flexibility index (Phi) is 4.12. The Morgan fingerprint density at radius 1 is 1.05 bits per heavy atom. The van der Waals surface area contributed by atoms with E-state index in [0.717, 1.165) is 25.8 Å². The standard InChI is InChI=1S/C13H24N2O3S/c16-19(17,11-5-9-18-10-6-11)15-8-2-4-13(15)12-3-1-7-14-12/h11-14H,1-10H2. The van der Waals surface area contributed by atoms with Crippen molar-refractivity contribution in [2.75, 3.05) is 26.3 Å². The molecule has 3 heterocycles. The second kappa shape index (κ2) is 5.68. The second-order valence-corrected chi connectivity index (χ2v) is 8.05. The highest BCUT2D eigenvalue weighted by Gasteiger charge is 2.43. The highest BCUT2D eigenvalue weighted by Crippen LogP contribution is 2.31. The lowest BCUT2D eigenvalue weighted by atomic mass is 10.1. The van der Waals surface area contributed by atoms with Crippen molar-refractivity contribution in [2.24, 2.45) is 0 Å². The Hall–Kier alpha value is -0.170. The third-order valence-corrected chi connectivity index (χ3v) is 7.15. The minimum atomic E-state index is -3.14. The van der Waals surface area contributed by atoms with Gasteiger partial charge in [0, 0.05) is 31.8 Å². The Morgan fingerprint density at radius 3 is 2.53 bits per heavy atom. The van der Waals surface area contributed by atoms with Crippen LogP contribution >= 0.6 is 0 Å². The lowest BCUT2D eigenvalue weighted by Gasteiger charge is -2.33. The molecular formula is C13H24N2O3S. The molecule has 5 nitrogen and oxygen atoms in total. The molecule has 3 aliphatic heterocycles. The van der Waals surface area contributed by atoms with Crippen molar-refractivity contribution in [1.82, 2.24) is 9.62 Å². The van der Waals surface area contributed by atoms with Crippen LogP contribution < -0.4 is 5.32 Å². The molecule has 3 aliphatic rings. The Morgan fingerprint density at radius 2 is 1.84 bits per heavy atom. The van der Waals surface area contributed by atoms with Gasteiger partial charge in [-0.1, -0.05) is 0 Å². The Labute approximate surface area is 115 Å². The van der Waals surface area contributed by atoms with Gasteiger partial charge in [-0.25, -0.2) is 8.42 Å². The number of sulfonamides is 1. The average Bonchev–Trinajstić information content (AvgIpc) is 3.10. The van der Waals surface area contributed by atoms with Gasteiger partial charge in [0.2, 0.25) is 10.0 Å². The average molecular weight is 288 g/mol. The minimum absolute atomic E-state index is 0.190. The number of hydrogen-bond acceptors (Lipinski definition) is 4. The van der Waals surface area contributed by atoms with Crippen molar-refractivity contribution in [2.45, 2.75) is 55.9 Å². The first-order chi connectivity index (χ1) is 9.19. The molecule has 6 heteroatoms. The summed E-state index contributed by atoms with van der Waals surface area (Å²) >= 11 is 0. The molecule has 0 aromatic heterocycles. The fraction of sp³-hybridized carbons (Fsp3) is 1.00. The van der Waals surface area contributed by atoms with Gasteiger partial charge in [0.05, 0.1) is 5.25 Å². The van der Waals surface area contributed by atoms with Gasteiger partial charge in [-0.05, 0) is 45.1 Å². The van der Waals surface area contributed by atoms with Crippen molar-refractivity contribution in [1.29, 1.82) is 0 Å². The van der Waals surface area contributed by atoms with Crippen LogP contribution in [-0.2, 0) is 14.8 Å². The number of ether oxygens (including phenoxy) is 1. The van der Waals surface area contributed by atoms with Crippen molar-refractivity contribution >= 4 is 10.0 Å². The van der Waals surface area contributed by atoms with Crippen LogP contribution in [0.3, 0.4) is 0 Å². The molecule has 0 saturated carbocycles. The zero-order chi connectivity index (χ0) is 13.3. The molecule has 3 rings (SSSR count). The summed E-state index contributed by atoms with van der Waals surface area (Å²) in [7, 11) is -3.14. The SMILES string of the molecule is O=S(=O)(C1CCOCC1)N1CCCC1C1CCCN1. The summed E-state index contributed by atoms with van der Waals surface area (Å²) in [4.78, 5) is 0. The molecule has 3 saturated heterocycles. The van der Waals surface area contributed by atoms with Crippen LogP contribution in [0, 0.1) is 0 Å². The molecule has 0 bridgehead atoms. The first kappa shape index (κ1) is 13.8. The molecule has 110 valence electrons. The highest BCUT2D eigenvalue weighted by atomic mass is 32.2. The molecule has 2 unspecified atom stereocenters. The van der Waals surface area contributed by atoms with Gasteiger partial charge in [-0.15, -0.1) is 0 Å². The first-order valence-corrected chi connectivity index (χ1v) is 9.02. The van der Waals surface area contributed by atoms with E-state index in [0.29, 0.717) is 38.6 Å². The number of hydrogen-bond donors (Lipinski definition) is 1. The van der Waals surface area contributed by atoms with Crippen LogP contribution in [-0.4, -0.2) is 56.4 Å². The summed E-state index contributed by atoms with van der Waals surface area (Å²) in [5, 5.41) is 3.25. The third kappa shape index (κ3) is 2.68. The predicted molar refractivity (Wildman–Crippen MR) is 73.5 cm³/mol. The van der Waals surface area contributed by atoms with E-state index in [1.165, 1.54) is 6.42 Å². The monoisotopic (exact) mass is 288 g/mol. The number of nitrogens with one attached hydrogen (secondary N) is 1. The second-order valence-electron chi connectivity index (χ2n) is 5.88. The highest BCUT2D eigenvalue weighted by molar-refractivity contribution is 7.89. The fourth-order valence-electron chi connectivity index (χ4n) is 3.69. The lowest BCUT2D eigenvalue weighted by Crippen LogP contribution is -2.50. The Bertz CT molecular complexity index is 400. The van der Waals surface area contributed by atoms with Crippen molar-refractivity contribution in [3.63, 3.8) is 0 Å². The minimum Gasteiger partial charge on any atom is -0.381 e. The molecule has 0 aromatic rings. The van der Waals surface area contributed by atoms with Crippen molar-refractivity contribution in [3.8, 4) is 0 Å². The third-order valence-electron chi connectivity index (χ3n) is 4.73. The van der Waals surface area contributed by atoms with E-state index >= 15 is 0 Å². The molecule has 0 aliphatic carbocycles. The van der Waals surface area contributed by atoms with E-state index in [2.05, 4.69) is 5.32 Å².